The molecule has 3 heterocycles. The molecular weight excluding hydrogens is 438 g/mol. The molecule has 0 spiro atoms. The molecule has 12 nitrogen and oxygen atoms in total. The van der Waals surface area contributed by atoms with Gasteiger partial charge in [-0.15, -0.1) is 0 Å². The first-order valence-corrected chi connectivity index (χ1v) is 10.5. The average molecular weight is 468 g/mol. The smallest absolute Gasteiger partial charge is 0.272 e. The van der Waals surface area contributed by atoms with Crippen LogP contribution in [-0.2, 0) is 21.1 Å². The summed E-state index contributed by atoms with van der Waals surface area (Å²) >= 11 is 0. The van der Waals surface area contributed by atoms with Crippen molar-refractivity contribution in [3.63, 3.8) is 0 Å². The van der Waals surface area contributed by atoms with Crippen LogP contribution in [0, 0.1) is 0 Å². The molecule has 3 rings (SSSR count). The van der Waals surface area contributed by atoms with Crippen molar-refractivity contribution in [2.45, 2.75) is 6.42 Å². The Morgan fingerprint density at radius 3 is 1.76 bits per heavy atom. The van der Waals surface area contributed by atoms with Gasteiger partial charge in [0.05, 0.1) is 22.9 Å². The monoisotopic (exact) mass is 467 g/mol. The Hall–Kier alpha value is -4.48. The number of anilines is 3. The maximum Gasteiger partial charge on any atom is 0.272 e. The molecule has 3 amide bonds. The van der Waals surface area contributed by atoms with E-state index in [1.807, 2.05) is 0 Å². The maximum atomic E-state index is 12.8. The van der Waals surface area contributed by atoms with E-state index in [4.69, 9.17) is 11.5 Å². The molecule has 0 fully saturated rings. The van der Waals surface area contributed by atoms with Crippen molar-refractivity contribution in [3.8, 4) is 0 Å². The summed E-state index contributed by atoms with van der Waals surface area (Å²) in [5.74, 6) is -0.582. The first-order chi connectivity index (χ1) is 16.1. The first-order valence-electron chi connectivity index (χ1n) is 10.5. The molecule has 3 aromatic rings. The van der Waals surface area contributed by atoms with E-state index in [0.717, 1.165) is 0 Å². The summed E-state index contributed by atoms with van der Waals surface area (Å²) in [6, 6.07) is 4.72. The third kappa shape index (κ3) is 5.46. The number of aromatic nitrogens is 3. The summed E-state index contributed by atoms with van der Waals surface area (Å²) in [7, 11) is 6.71. The van der Waals surface area contributed by atoms with Gasteiger partial charge in [0.15, 0.2) is 0 Å². The van der Waals surface area contributed by atoms with Gasteiger partial charge < -0.3 is 41.1 Å². The summed E-state index contributed by atoms with van der Waals surface area (Å²) in [4.78, 5) is 41.6. The van der Waals surface area contributed by atoms with E-state index in [0.29, 0.717) is 52.9 Å². The van der Waals surface area contributed by atoms with Crippen LogP contribution in [0.15, 0.2) is 41.8 Å². The van der Waals surface area contributed by atoms with E-state index in [1.54, 1.807) is 78.7 Å². The Bertz CT molecular complexity index is 1260. The highest BCUT2D eigenvalue weighted by Crippen LogP contribution is 2.19. The van der Waals surface area contributed by atoms with Crippen LogP contribution in [0.4, 0.5) is 17.1 Å². The second-order valence-electron chi connectivity index (χ2n) is 7.85. The standard InChI is InChI=1S/C22H29N9O3/c1-25-19(24)5-6-26-20(32)17-8-14(11-30(17)3)28-22(34)18-9-15(12-31(18)4)27-21(33)16-7-13(23)10-29(16)2/h7-12H,5-6,23H2,1-4H3,(H2,24,25)(H,26,32)(H,27,33)(H,28,34). The molecule has 180 valence electrons. The predicted octanol–water partition coefficient (Wildman–Crippen LogP) is 0.896. The largest absolute Gasteiger partial charge is 0.397 e. The van der Waals surface area contributed by atoms with Gasteiger partial charge in [-0.05, 0) is 18.2 Å². The minimum absolute atomic E-state index is 0.294. The predicted molar refractivity (Wildman–Crippen MR) is 131 cm³/mol. The second kappa shape index (κ2) is 9.98. The number of carbonyl (C=O) groups excluding carboxylic acids is 3. The quantitative estimate of drug-likeness (QED) is 0.245. The molecule has 3 aromatic heterocycles. The second-order valence-corrected chi connectivity index (χ2v) is 7.85. The van der Waals surface area contributed by atoms with E-state index in [2.05, 4.69) is 20.9 Å². The van der Waals surface area contributed by atoms with Gasteiger partial charge in [0.1, 0.15) is 17.1 Å². The fourth-order valence-electron chi connectivity index (χ4n) is 3.43. The summed E-state index contributed by atoms with van der Waals surface area (Å²) in [5, 5.41) is 8.30. The molecule has 0 atom stereocenters. The zero-order valence-electron chi connectivity index (χ0n) is 19.5. The van der Waals surface area contributed by atoms with E-state index >= 15 is 0 Å². The summed E-state index contributed by atoms with van der Waals surface area (Å²) in [6.45, 7) is 0.349. The summed E-state index contributed by atoms with van der Waals surface area (Å²) < 4.78 is 4.83. The first kappa shape index (κ1) is 24.2. The molecule has 0 saturated carbocycles. The number of carbonyl (C=O) groups is 3. The van der Waals surface area contributed by atoms with Gasteiger partial charge in [-0.1, -0.05) is 0 Å². The minimum Gasteiger partial charge on any atom is -0.397 e. The van der Waals surface area contributed by atoms with Crippen LogP contribution in [0.25, 0.3) is 0 Å². The van der Waals surface area contributed by atoms with E-state index in [-0.39, 0.29) is 11.8 Å². The number of amidine groups is 1. The van der Waals surface area contributed by atoms with Gasteiger partial charge in [0.25, 0.3) is 17.7 Å². The molecule has 0 aliphatic heterocycles. The lowest BCUT2D eigenvalue weighted by atomic mass is 10.3. The van der Waals surface area contributed by atoms with Crippen LogP contribution < -0.4 is 27.4 Å². The van der Waals surface area contributed by atoms with Crippen molar-refractivity contribution >= 4 is 40.6 Å². The fraction of sp³-hybridized carbons (Fsp3) is 0.273. The molecule has 7 N–H and O–H groups in total. The van der Waals surface area contributed by atoms with Crippen LogP contribution in [0.3, 0.4) is 0 Å². The highest BCUT2D eigenvalue weighted by molar-refractivity contribution is 6.07. The topological polar surface area (TPSA) is 166 Å². The number of aryl methyl sites for hydroxylation is 3. The lowest BCUT2D eigenvalue weighted by Crippen LogP contribution is -2.29. The number of hydrogen-bond donors (Lipinski definition) is 5. The molecule has 0 radical (unpaired) electrons. The Balaban J connectivity index is 1.65. The SMILES string of the molecule is CN=C(N)CCNC(=O)c1cc(NC(=O)c2cc(NC(=O)c3cc(N)cn3C)cn2C)cn1C. The lowest BCUT2D eigenvalue weighted by Gasteiger charge is -2.05. The van der Waals surface area contributed by atoms with Crippen molar-refractivity contribution in [3.05, 3.63) is 53.9 Å². The molecule has 0 aliphatic carbocycles. The van der Waals surface area contributed by atoms with E-state index in [1.165, 1.54) is 0 Å². The van der Waals surface area contributed by atoms with Gasteiger partial charge in [0.2, 0.25) is 0 Å². The van der Waals surface area contributed by atoms with Crippen molar-refractivity contribution < 1.29 is 14.4 Å². The Morgan fingerprint density at radius 1 is 0.824 bits per heavy atom. The maximum absolute atomic E-state index is 12.8. The highest BCUT2D eigenvalue weighted by atomic mass is 16.2. The summed E-state index contributed by atoms with van der Waals surface area (Å²) in [6.07, 6.45) is 5.36. The zero-order valence-corrected chi connectivity index (χ0v) is 19.5. The van der Waals surface area contributed by atoms with Crippen molar-refractivity contribution in [1.29, 1.82) is 0 Å². The Kier molecular flexibility index (Phi) is 7.09. The number of aliphatic imine (C=N–C) groups is 1. The van der Waals surface area contributed by atoms with Crippen LogP contribution in [-0.4, -0.2) is 50.9 Å². The average Bonchev–Trinajstić information content (AvgIpc) is 3.43. The van der Waals surface area contributed by atoms with Crippen LogP contribution >= 0.6 is 0 Å². The molecule has 0 saturated heterocycles. The Labute approximate surface area is 196 Å². The van der Waals surface area contributed by atoms with Gasteiger partial charge in [0, 0.05) is 59.7 Å². The third-order valence-electron chi connectivity index (χ3n) is 5.20. The number of amides is 3. The van der Waals surface area contributed by atoms with Gasteiger partial charge in [-0.25, -0.2) is 0 Å². The van der Waals surface area contributed by atoms with Crippen LogP contribution in [0.5, 0.6) is 0 Å². The molecular formula is C22H29N9O3. The van der Waals surface area contributed by atoms with Crippen molar-refractivity contribution in [1.82, 2.24) is 19.0 Å². The number of nitrogens with zero attached hydrogens (tertiary/aromatic N) is 4. The molecule has 0 aliphatic rings. The molecule has 34 heavy (non-hydrogen) atoms. The summed E-state index contributed by atoms with van der Waals surface area (Å²) in [5.41, 5.74) is 13.9. The Morgan fingerprint density at radius 2 is 1.29 bits per heavy atom. The van der Waals surface area contributed by atoms with E-state index in [9.17, 15) is 14.4 Å². The minimum atomic E-state index is -0.393. The van der Waals surface area contributed by atoms with Crippen LogP contribution in [0.2, 0.25) is 0 Å². The number of nitrogens with two attached hydrogens (primary N) is 2. The number of nitrogen functional groups attached to an aromatic ring is 1. The normalized spacial score (nSPS) is 11.4. The third-order valence-corrected chi connectivity index (χ3v) is 5.20. The van der Waals surface area contributed by atoms with E-state index < -0.39 is 5.91 Å². The highest BCUT2D eigenvalue weighted by Gasteiger charge is 2.18. The van der Waals surface area contributed by atoms with Crippen LogP contribution in [0.1, 0.15) is 37.9 Å². The van der Waals surface area contributed by atoms with Gasteiger partial charge in [-0.2, -0.15) is 0 Å². The zero-order chi connectivity index (χ0) is 25.0. The lowest BCUT2D eigenvalue weighted by molar-refractivity contribution is 0.0945. The number of rotatable bonds is 8. The van der Waals surface area contributed by atoms with Gasteiger partial charge >= 0.3 is 0 Å². The fourth-order valence-corrected chi connectivity index (χ4v) is 3.43. The molecule has 0 unspecified atom stereocenters. The molecule has 0 aromatic carbocycles. The molecule has 12 heteroatoms. The molecule has 0 bridgehead atoms. The number of hydrogen-bond acceptors (Lipinski definition) is 5. The van der Waals surface area contributed by atoms with Crippen molar-refractivity contribution in [2.75, 3.05) is 30.0 Å². The van der Waals surface area contributed by atoms with Gasteiger partial charge in [-0.3, -0.25) is 19.4 Å². The number of nitrogens with one attached hydrogen (secondary N) is 3. The van der Waals surface area contributed by atoms with Crippen molar-refractivity contribution in [2.24, 2.45) is 31.9 Å².